The van der Waals surface area contributed by atoms with Gasteiger partial charge in [-0.1, -0.05) is 0 Å². The number of anilines is 5. The van der Waals surface area contributed by atoms with Crippen molar-refractivity contribution in [2.45, 2.75) is 6.92 Å². The lowest BCUT2D eigenvalue weighted by Gasteiger charge is -2.13. The summed E-state index contributed by atoms with van der Waals surface area (Å²) in [5.74, 6) is 0.103. The molecule has 1 aromatic carbocycles. The van der Waals surface area contributed by atoms with Crippen molar-refractivity contribution in [3.63, 3.8) is 0 Å². The average molecular weight is 367 g/mol. The second-order valence-electron chi connectivity index (χ2n) is 5.42. The number of aromatic nitrogens is 2. The van der Waals surface area contributed by atoms with Gasteiger partial charge in [0.2, 0.25) is 5.91 Å². The maximum atomic E-state index is 11.9. The van der Waals surface area contributed by atoms with Gasteiger partial charge in [0, 0.05) is 18.3 Å². The van der Waals surface area contributed by atoms with Crippen molar-refractivity contribution >= 4 is 40.5 Å². The van der Waals surface area contributed by atoms with E-state index in [2.05, 4.69) is 31.5 Å². The van der Waals surface area contributed by atoms with E-state index in [0.717, 1.165) is 0 Å². The second kappa shape index (κ2) is 7.87. The Balaban J connectivity index is 1.67. The summed E-state index contributed by atoms with van der Waals surface area (Å²) in [4.78, 5) is 31.0. The molecule has 0 saturated carbocycles. The number of furan rings is 1. The van der Waals surface area contributed by atoms with Crippen LogP contribution in [0.5, 0.6) is 0 Å². The lowest BCUT2D eigenvalue weighted by atomic mass is 10.2. The third-order valence-electron chi connectivity index (χ3n) is 3.39. The number of carbonyl (C=O) groups excluding carboxylic acids is 2. The Bertz CT molecular complexity index is 940. The van der Waals surface area contributed by atoms with E-state index in [4.69, 9.17) is 10.2 Å². The number of hydrogen-bond donors (Lipinski definition) is 5. The number of nitrogens with zero attached hydrogens (tertiary/aromatic N) is 2. The Kier molecular flexibility index (Phi) is 5.17. The first-order valence-electron chi connectivity index (χ1n) is 7.88. The maximum Gasteiger partial charge on any atom is 0.305 e. The maximum absolute atomic E-state index is 11.9. The van der Waals surface area contributed by atoms with Crippen LogP contribution in [0, 0.1) is 0 Å². The van der Waals surface area contributed by atoms with Crippen LogP contribution in [-0.4, -0.2) is 21.8 Å². The third-order valence-corrected chi connectivity index (χ3v) is 3.39. The van der Waals surface area contributed by atoms with Crippen LogP contribution in [-0.2, 0) is 4.79 Å². The SMILES string of the molecule is CC(=O)Nc1ccc(Nc2ncnc(NNC(=O)c3ccco3)c2N)cc1. The molecule has 0 spiro atoms. The van der Waals surface area contributed by atoms with Crippen LogP contribution in [0.25, 0.3) is 0 Å². The standard InChI is InChI=1S/C17H17N7O3/c1-10(25)21-11-4-6-12(7-5-11)22-15-14(18)16(20-9-19-15)23-24-17(26)13-3-2-8-27-13/h2-9H,18H2,1H3,(H,21,25)(H,24,26)(H2,19,20,22,23). The summed E-state index contributed by atoms with van der Waals surface area (Å²) >= 11 is 0. The largest absolute Gasteiger partial charge is 0.459 e. The van der Waals surface area contributed by atoms with Gasteiger partial charge in [-0.3, -0.25) is 20.4 Å². The van der Waals surface area contributed by atoms with Gasteiger partial charge in [0.15, 0.2) is 17.4 Å². The first-order chi connectivity index (χ1) is 13.0. The van der Waals surface area contributed by atoms with Gasteiger partial charge >= 0.3 is 5.91 Å². The summed E-state index contributed by atoms with van der Waals surface area (Å²) < 4.78 is 5.00. The molecule has 3 aromatic rings. The molecular formula is C17H17N7O3. The highest BCUT2D eigenvalue weighted by Gasteiger charge is 2.12. The van der Waals surface area contributed by atoms with Gasteiger partial charge in [-0.25, -0.2) is 9.97 Å². The molecule has 2 heterocycles. The first kappa shape index (κ1) is 17.7. The van der Waals surface area contributed by atoms with Gasteiger partial charge in [-0.05, 0) is 36.4 Å². The Morgan fingerprint density at radius 2 is 1.74 bits per heavy atom. The molecule has 0 bridgehead atoms. The van der Waals surface area contributed by atoms with Crippen LogP contribution in [0.2, 0.25) is 0 Å². The van der Waals surface area contributed by atoms with E-state index in [1.807, 2.05) is 0 Å². The summed E-state index contributed by atoms with van der Waals surface area (Å²) in [6.07, 6.45) is 2.69. The van der Waals surface area contributed by atoms with Gasteiger partial charge in [0.1, 0.15) is 12.0 Å². The zero-order valence-electron chi connectivity index (χ0n) is 14.3. The Morgan fingerprint density at radius 1 is 1.04 bits per heavy atom. The highest BCUT2D eigenvalue weighted by atomic mass is 16.3. The van der Waals surface area contributed by atoms with E-state index in [9.17, 15) is 9.59 Å². The molecule has 138 valence electrons. The highest BCUT2D eigenvalue weighted by molar-refractivity contribution is 5.92. The van der Waals surface area contributed by atoms with Gasteiger partial charge in [-0.2, -0.15) is 0 Å². The Labute approximate surface area is 154 Å². The minimum absolute atomic E-state index is 0.146. The van der Waals surface area contributed by atoms with Crippen molar-refractivity contribution in [1.82, 2.24) is 15.4 Å². The minimum atomic E-state index is -0.471. The predicted molar refractivity (Wildman–Crippen MR) is 100 cm³/mol. The van der Waals surface area contributed by atoms with Gasteiger partial charge in [-0.15, -0.1) is 0 Å². The van der Waals surface area contributed by atoms with E-state index < -0.39 is 5.91 Å². The molecule has 3 rings (SSSR count). The smallest absolute Gasteiger partial charge is 0.305 e. The summed E-state index contributed by atoms with van der Waals surface area (Å²) in [7, 11) is 0. The molecule has 6 N–H and O–H groups in total. The fourth-order valence-corrected chi connectivity index (χ4v) is 2.16. The molecule has 0 atom stereocenters. The monoisotopic (exact) mass is 367 g/mol. The van der Waals surface area contributed by atoms with Gasteiger partial charge < -0.3 is 20.8 Å². The van der Waals surface area contributed by atoms with Crippen LogP contribution in [0.1, 0.15) is 17.5 Å². The summed E-state index contributed by atoms with van der Waals surface area (Å²) in [5, 5.41) is 5.73. The zero-order chi connectivity index (χ0) is 19.2. The number of rotatable bonds is 6. The summed E-state index contributed by atoms with van der Waals surface area (Å²) in [6.45, 7) is 1.44. The number of nitrogen functional groups attached to an aromatic ring is 1. The number of amides is 2. The van der Waals surface area contributed by atoms with Crippen molar-refractivity contribution in [2.75, 3.05) is 21.8 Å². The molecule has 2 aromatic heterocycles. The topological polar surface area (TPSA) is 147 Å². The van der Waals surface area contributed by atoms with Crippen molar-refractivity contribution in [1.29, 1.82) is 0 Å². The number of benzene rings is 1. The molecule has 10 heteroatoms. The number of hydrazine groups is 1. The number of hydrogen-bond acceptors (Lipinski definition) is 8. The summed E-state index contributed by atoms with van der Waals surface area (Å²) in [6, 6.07) is 10.1. The van der Waals surface area contributed by atoms with E-state index in [0.29, 0.717) is 17.2 Å². The molecule has 0 unspecified atom stereocenters. The lowest BCUT2D eigenvalue weighted by Crippen LogP contribution is -2.30. The molecule has 27 heavy (non-hydrogen) atoms. The molecule has 2 amide bonds. The van der Waals surface area contributed by atoms with Crippen molar-refractivity contribution < 1.29 is 14.0 Å². The molecule has 0 fully saturated rings. The quantitative estimate of drug-likeness (QED) is 0.416. The Morgan fingerprint density at radius 3 is 2.41 bits per heavy atom. The highest BCUT2D eigenvalue weighted by Crippen LogP contribution is 2.26. The lowest BCUT2D eigenvalue weighted by molar-refractivity contribution is -0.114. The van der Waals surface area contributed by atoms with Crippen LogP contribution in [0.4, 0.5) is 28.7 Å². The second-order valence-corrected chi connectivity index (χ2v) is 5.42. The van der Waals surface area contributed by atoms with Gasteiger partial charge in [0.05, 0.1) is 6.26 Å². The molecule has 10 nitrogen and oxygen atoms in total. The number of carbonyl (C=O) groups is 2. The summed E-state index contributed by atoms with van der Waals surface area (Å²) in [5.41, 5.74) is 12.7. The van der Waals surface area contributed by atoms with Crippen molar-refractivity contribution in [2.24, 2.45) is 0 Å². The molecule has 0 aliphatic heterocycles. The van der Waals surface area contributed by atoms with E-state index in [1.165, 1.54) is 25.6 Å². The molecule has 0 aliphatic carbocycles. The normalized spacial score (nSPS) is 10.1. The molecule has 0 saturated heterocycles. The van der Waals surface area contributed by atoms with Gasteiger partial charge in [0.25, 0.3) is 0 Å². The predicted octanol–water partition coefficient (Wildman–Crippen LogP) is 2.11. The molecule has 0 radical (unpaired) electrons. The number of nitrogens with one attached hydrogen (secondary N) is 4. The van der Waals surface area contributed by atoms with E-state index in [-0.39, 0.29) is 23.2 Å². The molecular weight excluding hydrogens is 350 g/mol. The first-order valence-corrected chi connectivity index (χ1v) is 7.88. The van der Waals surface area contributed by atoms with Crippen LogP contribution in [0.15, 0.2) is 53.4 Å². The van der Waals surface area contributed by atoms with Crippen molar-refractivity contribution in [3.05, 3.63) is 54.7 Å². The van der Waals surface area contributed by atoms with Crippen LogP contribution < -0.4 is 27.2 Å². The fourth-order valence-electron chi connectivity index (χ4n) is 2.16. The van der Waals surface area contributed by atoms with Crippen LogP contribution in [0.3, 0.4) is 0 Å². The average Bonchev–Trinajstić information content (AvgIpc) is 3.18. The third kappa shape index (κ3) is 4.51. The van der Waals surface area contributed by atoms with Crippen LogP contribution >= 0.6 is 0 Å². The Hall–Kier alpha value is -4.08. The fraction of sp³-hybridized carbons (Fsp3) is 0.0588. The van der Waals surface area contributed by atoms with Crippen molar-refractivity contribution in [3.8, 4) is 0 Å². The molecule has 0 aliphatic rings. The number of nitrogens with two attached hydrogens (primary N) is 1. The minimum Gasteiger partial charge on any atom is -0.459 e. The zero-order valence-corrected chi connectivity index (χ0v) is 14.3. The van der Waals surface area contributed by atoms with E-state index in [1.54, 1.807) is 30.3 Å². The van der Waals surface area contributed by atoms with E-state index >= 15 is 0 Å².